The summed E-state index contributed by atoms with van der Waals surface area (Å²) in [4.78, 5) is 14.0. The molecule has 1 fully saturated rings. The monoisotopic (exact) mass is 251 g/mol. The predicted octanol–water partition coefficient (Wildman–Crippen LogP) is 1.92. The van der Waals surface area contributed by atoms with E-state index in [2.05, 4.69) is 11.4 Å². The second kappa shape index (κ2) is 5.71. The van der Waals surface area contributed by atoms with Crippen LogP contribution in [0.5, 0.6) is 0 Å². The summed E-state index contributed by atoms with van der Waals surface area (Å²) in [5.41, 5.74) is -0.670. The fourth-order valence-electron chi connectivity index (χ4n) is 2.21. The van der Waals surface area contributed by atoms with Crippen LogP contribution in [-0.4, -0.2) is 36.0 Å². The number of nitrogens with zero attached hydrogens (tertiary/aromatic N) is 2. The number of nitriles is 1. The minimum atomic E-state index is -0.426. The highest BCUT2D eigenvalue weighted by atomic mass is 16.2. The molecule has 0 spiro atoms. The van der Waals surface area contributed by atoms with Crippen LogP contribution in [0.15, 0.2) is 0 Å². The standard InChI is InChI=1S/C14H25N3O/c1-13(2,11-15)7-5-6-9-17-10-8-16-14(3,4)12(17)18/h16H,5-10H2,1-4H3. The van der Waals surface area contributed by atoms with Gasteiger partial charge in [0, 0.05) is 19.6 Å². The van der Waals surface area contributed by atoms with Crippen molar-refractivity contribution >= 4 is 5.91 Å². The molecule has 0 bridgehead atoms. The molecule has 1 heterocycles. The zero-order valence-electron chi connectivity index (χ0n) is 12.0. The van der Waals surface area contributed by atoms with E-state index in [4.69, 9.17) is 5.26 Å². The molecule has 1 N–H and O–H groups in total. The van der Waals surface area contributed by atoms with Gasteiger partial charge in [-0.25, -0.2) is 0 Å². The van der Waals surface area contributed by atoms with Crippen molar-refractivity contribution in [2.24, 2.45) is 5.41 Å². The number of unbranched alkanes of at least 4 members (excludes halogenated alkanes) is 1. The summed E-state index contributed by atoms with van der Waals surface area (Å²) in [6.07, 6.45) is 2.87. The lowest BCUT2D eigenvalue weighted by atomic mass is 9.89. The molecule has 1 aliphatic rings. The zero-order chi connectivity index (χ0) is 13.8. The van der Waals surface area contributed by atoms with E-state index in [1.165, 1.54) is 0 Å². The highest BCUT2D eigenvalue weighted by Gasteiger charge is 2.34. The van der Waals surface area contributed by atoms with Crippen LogP contribution in [0.2, 0.25) is 0 Å². The molecule has 4 heteroatoms. The summed E-state index contributed by atoms with van der Waals surface area (Å²) in [5, 5.41) is 12.2. The molecule has 1 amide bonds. The Balaban J connectivity index is 2.32. The van der Waals surface area contributed by atoms with Crippen molar-refractivity contribution in [2.45, 2.75) is 52.5 Å². The molecule has 0 saturated carbocycles. The summed E-state index contributed by atoms with van der Waals surface area (Å²) in [6, 6.07) is 2.31. The normalized spacial score (nSPS) is 19.7. The van der Waals surface area contributed by atoms with Gasteiger partial charge in [-0.2, -0.15) is 5.26 Å². The number of carbonyl (C=O) groups is 1. The van der Waals surface area contributed by atoms with Crippen molar-refractivity contribution in [1.29, 1.82) is 5.26 Å². The van der Waals surface area contributed by atoms with Gasteiger partial charge >= 0.3 is 0 Å². The minimum Gasteiger partial charge on any atom is -0.340 e. The quantitative estimate of drug-likeness (QED) is 0.759. The van der Waals surface area contributed by atoms with E-state index in [0.717, 1.165) is 38.9 Å². The summed E-state index contributed by atoms with van der Waals surface area (Å²) < 4.78 is 0. The maximum atomic E-state index is 12.1. The van der Waals surface area contributed by atoms with Crippen LogP contribution in [0.3, 0.4) is 0 Å². The van der Waals surface area contributed by atoms with Gasteiger partial charge in [-0.1, -0.05) is 6.42 Å². The number of hydrogen-bond acceptors (Lipinski definition) is 3. The average Bonchev–Trinajstić information content (AvgIpc) is 2.30. The highest BCUT2D eigenvalue weighted by Crippen LogP contribution is 2.22. The van der Waals surface area contributed by atoms with Crippen LogP contribution >= 0.6 is 0 Å². The molecule has 0 radical (unpaired) electrons. The lowest BCUT2D eigenvalue weighted by Crippen LogP contribution is -2.61. The van der Waals surface area contributed by atoms with Gasteiger partial charge in [0.05, 0.1) is 17.0 Å². The first-order valence-electron chi connectivity index (χ1n) is 6.74. The van der Waals surface area contributed by atoms with E-state index in [9.17, 15) is 4.79 Å². The van der Waals surface area contributed by atoms with E-state index < -0.39 is 5.54 Å². The van der Waals surface area contributed by atoms with Crippen molar-refractivity contribution in [1.82, 2.24) is 10.2 Å². The van der Waals surface area contributed by atoms with Crippen LogP contribution in [0.25, 0.3) is 0 Å². The number of rotatable bonds is 5. The molecule has 0 aromatic rings. The number of hydrogen-bond donors (Lipinski definition) is 1. The van der Waals surface area contributed by atoms with Crippen LogP contribution in [0, 0.1) is 16.7 Å². The van der Waals surface area contributed by atoms with Crippen molar-refractivity contribution in [3.8, 4) is 6.07 Å². The maximum Gasteiger partial charge on any atom is 0.242 e. The SMILES string of the molecule is CC(C)(C#N)CCCCN1CCNC(C)(C)C1=O. The first-order valence-corrected chi connectivity index (χ1v) is 6.74. The second-order valence-corrected chi connectivity index (χ2v) is 6.30. The number of piperazine rings is 1. The first-order chi connectivity index (χ1) is 8.28. The van der Waals surface area contributed by atoms with Crippen LogP contribution < -0.4 is 5.32 Å². The Hall–Kier alpha value is -1.08. The van der Waals surface area contributed by atoms with Gasteiger partial charge in [0.1, 0.15) is 0 Å². The average molecular weight is 251 g/mol. The topological polar surface area (TPSA) is 56.1 Å². The summed E-state index contributed by atoms with van der Waals surface area (Å²) in [5.74, 6) is 0.188. The number of carbonyl (C=O) groups excluding carboxylic acids is 1. The molecule has 0 aromatic carbocycles. The van der Waals surface area contributed by atoms with Gasteiger partial charge < -0.3 is 10.2 Å². The molecule has 4 nitrogen and oxygen atoms in total. The van der Waals surface area contributed by atoms with Crippen molar-refractivity contribution in [3.05, 3.63) is 0 Å². The van der Waals surface area contributed by atoms with E-state index in [1.54, 1.807) is 0 Å². The molecule has 0 aliphatic carbocycles. The van der Waals surface area contributed by atoms with Gasteiger partial charge in [-0.05, 0) is 40.5 Å². The Morgan fingerprint density at radius 3 is 2.72 bits per heavy atom. The highest BCUT2D eigenvalue weighted by molar-refractivity contribution is 5.86. The molecule has 1 saturated heterocycles. The van der Waals surface area contributed by atoms with E-state index in [0.29, 0.717) is 0 Å². The molecule has 0 atom stereocenters. The molecule has 102 valence electrons. The zero-order valence-corrected chi connectivity index (χ0v) is 12.0. The summed E-state index contributed by atoms with van der Waals surface area (Å²) in [7, 11) is 0. The Morgan fingerprint density at radius 2 is 2.11 bits per heavy atom. The van der Waals surface area contributed by atoms with Gasteiger partial charge in [-0.15, -0.1) is 0 Å². The third kappa shape index (κ3) is 3.99. The molecular weight excluding hydrogens is 226 g/mol. The van der Waals surface area contributed by atoms with Gasteiger partial charge in [0.2, 0.25) is 5.91 Å². The molecule has 0 unspecified atom stereocenters. The molecule has 1 aliphatic heterocycles. The lowest BCUT2D eigenvalue weighted by Gasteiger charge is -2.38. The predicted molar refractivity (Wildman–Crippen MR) is 71.9 cm³/mol. The Labute approximate surface area is 110 Å². The molecular formula is C14H25N3O. The van der Waals surface area contributed by atoms with Gasteiger partial charge in [-0.3, -0.25) is 4.79 Å². The van der Waals surface area contributed by atoms with Crippen LogP contribution in [0.4, 0.5) is 0 Å². The summed E-state index contributed by atoms with van der Waals surface area (Å²) >= 11 is 0. The minimum absolute atomic E-state index is 0.188. The van der Waals surface area contributed by atoms with Crippen molar-refractivity contribution in [2.75, 3.05) is 19.6 Å². The smallest absolute Gasteiger partial charge is 0.242 e. The molecule has 18 heavy (non-hydrogen) atoms. The first kappa shape index (κ1) is 15.0. The maximum absolute atomic E-state index is 12.1. The lowest BCUT2D eigenvalue weighted by molar-refractivity contribution is -0.139. The van der Waals surface area contributed by atoms with Crippen LogP contribution in [0.1, 0.15) is 47.0 Å². The van der Waals surface area contributed by atoms with Crippen molar-refractivity contribution in [3.63, 3.8) is 0 Å². The number of amides is 1. The van der Waals surface area contributed by atoms with E-state index in [1.807, 2.05) is 32.6 Å². The Bertz CT molecular complexity index is 341. The Kier molecular flexibility index (Phi) is 4.75. The fraction of sp³-hybridized carbons (Fsp3) is 0.857. The third-order valence-corrected chi connectivity index (χ3v) is 3.55. The summed E-state index contributed by atoms with van der Waals surface area (Å²) in [6.45, 7) is 10.3. The molecule has 1 rings (SSSR count). The Morgan fingerprint density at radius 1 is 1.44 bits per heavy atom. The second-order valence-electron chi connectivity index (χ2n) is 6.30. The fourth-order valence-corrected chi connectivity index (χ4v) is 2.21. The van der Waals surface area contributed by atoms with E-state index >= 15 is 0 Å². The molecule has 0 aromatic heterocycles. The van der Waals surface area contributed by atoms with Crippen molar-refractivity contribution < 1.29 is 4.79 Å². The van der Waals surface area contributed by atoms with E-state index in [-0.39, 0.29) is 11.3 Å². The largest absolute Gasteiger partial charge is 0.340 e. The van der Waals surface area contributed by atoms with Gasteiger partial charge in [0.15, 0.2) is 0 Å². The third-order valence-electron chi connectivity index (χ3n) is 3.55. The van der Waals surface area contributed by atoms with Crippen LogP contribution in [-0.2, 0) is 4.79 Å². The van der Waals surface area contributed by atoms with Gasteiger partial charge in [0.25, 0.3) is 0 Å². The number of nitrogens with one attached hydrogen (secondary N) is 1.